The highest BCUT2D eigenvalue weighted by Gasteiger charge is 2.47. The van der Waals surface area contributed by atoms with E-state index >= 15 is 0 Å². The molecule has 1 fully saturated rings. The topological polar surface area (TPSA) is 88.1 Å². The predicted octanol–water partition coefficient (Wildman–Crippen LogP) is 0.107. The Morgan fingerprint density at radius 2 is 1.42 bits per heavy atom. The van der Waals surface area contributed by atoms with Crippen LogP contribution in [-0.2, 0) is 33.3 Å². The van der Waals surface area contributed by atoms with Crippen molar-refractivity contribution < 1.29 is 37.7 Å². The zero-order chi connectivity index (χ0) is 14.6. The molecular formula is C11H15FO7. The Morgan fingerprint density at radius 3 is 1.89 bits per heavy atom. The van der Waals surface area contributed by atoms with Crippen LogP contribution >= 0.6 is 0 Å². The fourth-order valence-corrected chi connectivity index (χ4v) is 1.65. The third kappa shape index (κ3) is 4.47. The molecule has 0 aliphatic carbocycles. The van der Waals surface area contributed by atoms with E-state index in [0.29, 0.717) is 0 Å². The van der Waals surface area contributed by atoms with Crippen LogP contribution in [0.4, 0.5) is 4.39 Å². The van der Waals surface area contributed by atoms with Gasteiger partial charge in [-0.1, -0.05) is 0 Å². The van der Waals surface area contributed by atoms with Crippen molar-refractivity contribution in [3.8, 4) is 0 Å². The van der Waals surface area contributed by atoms with Gasteiger partial charge in [0, 0.05) is 20.8 Å². The Bertz CT molecular complexity index is 370. The Balaban J connectivity index is 2.89. The number of rotatable bonds is 3. The fraction of sp³-hybridized carbons (Fsp3) is 0.727. The molecule has 7 nitrogen and oxygen atoms in total. The van der Waals surface area contributed by atoms with Crippen molar-refractivity contribution in [3.05, 3.63) is 0 Å². The SMILES string of the molecule is CC(=O)O[C@H]1OC[C@@H](F)[C@H](OC(C)=O)[C@H]1OC(C)=O. The standard InChI is InChI=1S/C11H15FO7/c1-5(13)17-9-8(12)4-16-11(19-7(3)15)10(9)18-6(2)14/h8-11H,4H2,1-3H3/t8-,9+,10-,11-/m1/s1. The zero-order valence-electron chi connectivity index (χ0n) is 10.8. The summed E-state index contributed by atoms with van der Waals surface area (Å²) in [5.74, 6) is -2.17. The predicted molar refractivity (Wildman–Crippen MR) is 57.5 cm³/mol. The van der Waals surface area contributed by atoms with Gasteiger partial charge < -0.3 is 18.9 Å². The van der Waals surface area contributed by atoms with Gasteiger partial charge in [-0.05, 0) is 0 Å². The van der Waals surface area contributed by atoms with E-state index in [1.165, 1.54) is 0 Å². The van der Waals surface area contributed by atoms with Gasteiger partial charge in [-0.3, -0.25) is 14.4 Å². The van der Waals surface area contributed by atoms with Gasteiger partial charge in [-0.25, -0.2) is 4.39 Å². The molecule has 19 heavy (non-hydrogen) atoms. The molecule has 0 aromatic carbocycles. The summed E-state index contributed by atoms with van der Waals surface area (Å²) in [6.07, 6.45) is -5.70. The first-order chi connectivity index (χ1) is 8.81. The molecule has 0 aromatic heterocycles. The minimum atomic E-state index is -1.68. The van der Waals surface area contributed by atoms with E-state index in [4.69, 9.17) is 18.9 Å². The lowest BCUT2D eigenvalue weighted by Gasteiger charge is -2.37. The first kappa shape index (κ1) is 15.4. The van der Waals surface area contributed by atoms with Gasteiger partial charge in [0.1, 0.15) is 0 Å². The van der Waals surface area contributed by atoms with Crippen molar-refractivity contribution in [2.75, 3.05) is 6.61 Å². The van der Waals surface area contributed by atoms with E-state index in [0.717, 1.165) is 20.8 Å². The van der Waals surface area contributed by atoms with Crippen molar-refractivity contribution in [1.82, 2.24) is 0 Å². The summed E-state index contributed by atoms with van der Waals surface area (Å²) in [5, 5.41) is 0. The lowest BCUT2D eigenvalue weighted by molar-refractivity contribution is -0.263. The molecule has 1 saturated heterocycles. The summed E-state index contributed by atoms with van der Waals surface area (Å²) >= 11 is 0. The molecule has 0 N–H and O–H groups in total. The molecule has 1 rings (SSSR count). The van der Waals surface area contributed by atoms with Crippen LogP contribution in [0.5, 0.6) is 0 Å². The Labute approximate surface area is 108 Å². The highest BCUT2D eigenvalue weighted by Crippen LogP contribution is 2.24. The molecule has 1 heterocycles. The quantitative estimate of drug-likeness (QED) is 0.534. The van der Waals surface area contributed by atoms with Crippen molar-refractivity contribution in [3.63, 3.8) is 0 Å². The van der Waals surface area contributed by atoms with Crippen LogP contribution in [0.15, 0.2) is 0 Å². The maximum absolute atomic E-state index is 13.7. The third-order valence-electron chi connectivity index (χ3n) is 2.25. The zero-order valence-corrected chi connectivity index (χ0v) is 10.8. The molecule has 0 aromatic rings. The summed E-state index contributed by atoms with van der Waals surface area (Å²) in [5.41, 5.74) is 0. The van der Waals surface area contributed by atoms with Crippen LogP contribution in [0, 0.1) is 0 Å². The largest absolute Gasteiger partial charge is 0.455 e. The third-order valence-corrected chi connectivity index (χ3v) is 2.25. The molecule has 1 aliphatic heterocycles. The van der Waals surface area contributed by atoms with Crippen LogP contribution in [0.25, 0.3) is 0 Å². The van der Waals surface area contributed by atoms with E-state index in [1.54, 1.807) is 0 Å². The number of carbonyl (C=O) groups is 3. The minimum absolute atomic E-state index is 0.437. The number of halogens is 1. The molecule has 0 bridgehead atoms. The maximum atomic E-state index is 13.7. The molecule has 0 saturated carbocycles. The van der Waals surface area contributed by atoms with Crippen molar-refractivity contribution in [2.45, 2.75) is 45.4 Å². The van der Waals surface area contributed by atoms with Crippen molar-refractivity contribution in [1.29, 1.82) is 0 Å². The monoisotopic (exact) mass is 278 g/mol. The lowest BCUT2D eigenvalue weighted by Crippen LogP contribution is -2.56. The molecule has 8 heteroatoms. The molecule has 0 unspecified atom stereocenters. The van der Waals surface area contributed by atoms with Gasteiger partial charge >= 0.3 is 17.9 Å². The molecule has 0 amide bonds. The van der Waals surface area contributed by atoms with Gasteiger partial charge in [0.05, 0.1) is 6.61 Å². The lowest BCUT2D eigenvalue weighted by atomic mass is 10.1. The number of alkyl halides is 1. The average Bonchev–Trinajstić information content (AvgIpc) is 2.25. The Morgan fingerprint density at radius 1 is 0.947 bits per heavy atom. The molecule has 0 spiro atoms. The van der Waals surface area contributed by atoms with Gasteiger partial charge in [0.25, 0.3) is 0 Å². The smallest absolute Gasteiger partial charge is 0.305 e. The minimum Gasteiger partial charge on any atom is -0.455 e. The van der Waals surface area contributed by atoms with Gasteiger partial charge in [-0.15, -0.1) is 0 Å². The highest BCUT2D eigenvalue weighted by atomic mass is 19.1. The van der Waals surface area contributed by atoms with E-state index in [2.05, 4.69) is 0 Å². The Hall–Kier alpha value is -1.70. The molecule has 108 valence electrons. The van der Waals surface area contributed by atoms with Crippen LogP contribution in [0.1, 0.15) is 20.8 Å². The van der Waals surface area contributed by atoms with Crippen LogP contribution < -0.4 is 0 Å². The van der Waals surface area contributed by atoms with E-state index < -0.39 is 49.2 Å². The second-order valence-electron chi connectivity index (χ2n) is 3.98. The van der Waals surface area contributed by atoms with Crippen LogP contribution in [0.3, 0.4) is 0 Å². The maximum Gasteiger partial charge on any atom is 0.305 e. The summed E-state index contributed by atoms with van der Waals surface area (Å²) in [7, 11) is 0. The fourth-order valence-electron chi connectivity index (χ4n) is 1.65. The summed E-state index contributed by atoms with van der Waals surface area (Å²) in [6.45, 7) is 2.87. The molecular weight excluding hydrogens is 263 g/mol. The summed E-state index contributed by atoms with van der Waals surface area (Å²) < 4.78 is 33.0. The summed E-state index contributed by atoms with van der Waals surface area (Å²) in [6, 6.07) is 0. The number of hydrogen-bond acceptors (Lipinski definition) is 7. The van der Waals surface area contributed by atoms with Gasteiger partial charge in [0.2, 0.25) is 12.4 Å². The second-order valence-corrected chi connectivity index (χ2v) is 3.98. The van der Waals surface area contributed by atoms with Gasteiger partial charge in [0.15, 0.2) is 12.3 Å². The second kappa shape index (κ2) is 6.46. The van der Waals surface area contributed by atoms with Gasteiger partial charge in [-0.2, -0.15) is 0 Å². The number of ether oxygens (including phenoxy) is 4. The number of hydrogen-bond donors (Lipinski definition) is 0. The van der Waals surface area contributed by atoms with Crippen molar-refractivity contribution >= 4 is 17.9 Å². The van der Waals surface area contributed by atoms with E-state index in [9.17, 15) is 18.8 Å². The molecule has 4 atom stereocenters. The molecule has 0 radical (unpaired) electrons. The molecule has 1 aliphatic rings. The first-order valence-electron chi connectivity index (χ1n) is 5.58. The average molecular weight is 278 g/mol. The van der Waals surface area contributed by atoms with Crippen molar-refractivity contribution in [2.24, 2.45) is 0 Å². The van der Waals surface area contributed by atoms with Crippen LogP contribution in [0.2, 0.25) is 0 Å². The normalized spacial score (nSPS) is 30.3. The van der Waals surface area contributed by atoms with Crippen LogP contribution in [-0.4, -0.2) is 49.2 Å². The van der Waals surface area contributed by atoms with E-state index in [-0.39, 0.29) is 0 Å². The van der Waals surface area contributed by atoms with E-state index in [1.807, 2.05) is 0 Å². The summed E-state index contributed by atoms with van der Waals surface area (Å²) in [4.78, 5) is 32.8. The first-order valence-corrected chi connectivity index (χ1v) is 5.58. The number of esters is 3. The Kier molecular flexibility index (Phi) is 5.22. The number of carbonyl (C=O) groups excluding carboxylic acids is 3. The highest BCUT2D eigenvalue weighted by molar-refractivity contribution is 5.68.